The van der Waals surface area contributed by atoms with Gasteiger partial charge in [0.05, 0.1) is 0 Å². The lowest BCUT2D eigenvalue weighted by molar-refractivity contribution is 0.669. The van der Waals surface area contributed by atoms with Crippen LogP contribution in [0, 0.1) is 0 Å². The number of benzene rings is 10. The first-order chi connectivity index (χ1) is 26.8. The third kappa shape index (κ3) is 4.20. The van der Waals surface area contributed by atoms with E-state index in [9.17, 15) is 0 Å². The molecule has 0 N–H and O–H groups in total. The highest BCUT2D eigenvalue weighted by Crippen LogP contribution is 2.50. The first kappa shape index (κ1) is 29.8. The lowest BCUT2D eigenvalue weighted by atomic mass is 9.84. The lowest BCUT2D eigenvalue weighted by Crippen LogP contribution is -1.92. The van der Waals surface area contributed by atoms with E-state index < -0.39 is 0 Å². The van der Waals surface area contributed by atoms with Crippen LogP contribution in [-0.4, -0.2) is 0 Å². The number of rotatable bonds is 3. The summed E-state index contributed by atoms with van der Waals surface area (Å²) in [6.45, 7) is 0. The Morgan fingerprint density at radius 1 is 0.333 bits per heavy atom. The maximum absolute atomic E-state index is 6.75. The van der Waals surface area contributed by atoms with Gasteiger partial charge in [0.2, 0.25) is 0 Å². The van der Waals surface area contributed by atoms with Gasteiger partial charge in [-0.25, -0.2) is 0 Å². The quantitative estimate of drug-likeness (QED) is 0.167. The van der Waals surface area contributed by atoms with Crippen molar-refractivity contribution in [2.45, 2.75) is 0 Å². The molecule has 0 radical (unpaired) electrons. The third-order valence-corrected chi connectivity index (χ3v) is 12.6. The highest BCUT2D eigenvalue weighted by Gasteiger charge is 2.22. The molecule has 1 nitrogen and oxygen atoms in total. The standard InChI is InChI=1S/C52H30OS/c1-3-18-35-31(13-1)15-12-25-37(35)48-40-22-7-5-20-38(40)47(39-21-6-8-23-41(39)48)34-17-11-16-33(29-34)43-30-45-51(52-49(43)42-24-9-10-26-46(42)54-52)50-36-19-4-2-14-32(36)27-28-44(50)53-45/h1-30H. The molecule has 0 saturated heterocycles. The van der Waals surface area contributed by atoms with Crippen molar-refractivity contribution in [2.24, 2.45) is 0 Å². The third-order valence-electron chi connectivity index (χ3n) is 11.4. The molecule has 0 aliphatic heterocycles. The minimum atomic E-state index is 0.927. The summed E-state index contributed by atoms with van der Waals surface area (Å²) in [5.74, 6) is 0. The van der Waals surface area contributed by atoms with Gasteiger partial charge in [0.25, 0.3) is 0 Å². The number of hydrogen-bond acceptors (Lipinski definition) is 2. The molecular weight excluding hydrogens is 673 g/mol. The minimum absolute atomic E-state index is 0.927. The molecule has 0 bridgehead atoms. The van der Waals surface area contributed by atoms with Crippen molar-refractivity contribution in [1.82, 2.24) is 0 Å². The second kappa shape index (κ2) is 11.4. The molecule has 54 heavy (non-hydrogen) atoms. The van der Waals surface area contributed by atoms with Crippen molar-refractivity contribution in [3.05, 3.63) is 182 Å². The van der Waals surface area contributed by atoms with Gasteiger partial charge >= 0.3 is 0 Å². The van der Waals surface area contributed by atoms with E-state index in [1.54, 1.807) is 0 Å². The van der Waals surface area contributed by atoms with E-state index >= 15 is 0 Å². The van der Waals surface area contributed by atoms with Crippen LogP contribution in [0.3, 0.4) is 0 Å². The van der Waals surface area contributed by atoms with Crippen LogP contribution in [0.25, 0.3) is 119 Å². The summed E-state index contributed by atoms with van der Waals surface area (Å²) in [6.07, 6.45) is 0. The first-order valence-corrected chi connectivity index (χ1v) is 19.3. The Balaban J connectivity index is 1.16. The van der Waals surface area contributed by atoms with Gasteiger partial charge in [0, 0.05) is 30.9 Å². The van der Waals surface area contributed by atoms with Gasteiger partial charge in [-0.3, -0.25) is 0 Å². The van der Waals surface area contributed by atoms with Crippen LogP contribution in [0.2, 0.25) is 0 Å². The molecule has 2 heterocycles. The summed E-state index contributed by atoms with van der Waals surface area (Å²) < 4.78 is 9.31. The van der Waals surface area contributed by atoms with Crippen LogP contribution < -0.4 is 0 Å². The van der Waals surface area contributed by atoms with E-state index in [0.29, 0.717) is 0 Å². The number of fused-ring (bicyclic) bond motifs is 12. The fourth-order valence-electron chi connectivity index (χ4n) is 9.15. The van der Waals surface area contributed by atoms with E-state index in [1.165, 1.54) is 107 Å². The molecule has 0 aliphatic carbocycles. The summed E-state index contributed by atoms with van der Waals surface area (Å²) in [7, 11) is 0. The molecule has 2 heteroatoms. The van der Waals surface area contributed by atoms with Gasteiger partial charge in [0.1, 0.15) is 11.2 Å². The molecule has 12 aromatic rings. The van der Waals surface area contributed by atoms with E-state index in [4.69, 9.17) is 4.42 Å². The highest BCUT2D eigenvalue weighted by atomic mass is 32.1. The predicted molar refractivity (Wildman–Crippen MR) is 233 cm³/mol. The summed E-state index contributed by atoms with van der Waals surface area (Å²) in [5.41, 5.74) is 9.24. The Kier molecular flexibility index (Phi) is 6.28. The first-order valence-electron chi connectivity index (χ1n) is 18.5. The van der Waals surface area contributed by atoms with Crippen LogP contribution >= 0.6 is 11.3 Å². The second-order valence-corrected chi connectivity index (χ2v) is 15.4. The molecule has 0 unspecified atom stereocenters. The van der Waals surface area contributed by atoms with E-state index in [0.717, 1.165) is 11.2 Å². The van der Waals surface area contributed by atoms with E-state index in [1.807, 2.05) is 11.3 Å². The minimum Gasteiger partial charge on any atom is -0.456 e. The van der Waals surface area contributed by atoms with E-state index in [-0.39, 0.29) is 0 Å². The van der Waals surface area contributed by atoms with Gasteiger partial charge in [-0.2, -0.15) is 0 Å². The summed E-state index contributed by atoms with van der Waals surface area (Å²) in [4.78, 5) is 0. The van der Waals surface area contributed by atoms with Gasteiger partial charge in [-0.15, -0.1) is 11.3 Å². The smallest absolute Gasteiger partial charge is 0.137 e. The zero-order valence-corrected chi connectivity index (χ0v) is 30.0. The molecule has 12 rings (SSSR count). The fraction of sp³-hybridized carbons (Fsp3) is 0. The number of thiophene rings is 1. The van der Waals surface area contributed by atoms with Crippen molar-refractivity contribution in [3.63, 3.8) is 0 Å². The van der Waals surface area contributed by atoms with Crippen LogP contribution in [-0.2, 0) is 0 Å². The Morgan fingerprint density at radius 3 is 1.67 bits per heavy atom. The van der Waals surface area contributed by atoms with E-state index in [2.05, 4.69) is 182 Å². The Hall–Kier alpha value is -6.74. The predicted octanol–water partition coefficient (Wildman–Crippen LogP) is 15.6. The second-order valence-electron chi connectivity index (χ2n) is 14.3. The molecule has 10 aromatic carbocycles. The summed E-state index contributed by atoms with van der Waals surface area (Å²) in [6, 6.07) is 66.6. The molecule has 2 aromatic heterocycles. The van der Waals surface area contributed by atoms with Crippen LogP contribution in [0.4, 0.5) is 0 Å². The molecule has 0 saturated carbocycles. The average Bonchev–Trinajstić information content (AvgIpc) is 3.81. The molecule has 0 spiro atoms. The largest absolute Gasteiger partial charge is 0.456 e. The Morgan fingerprint density at radius 2 is 0.907 bits per heavy atom. The van der Waals surface area contributed by atoms with Crippen molar-refractivity contribution in [1.29, 1.82) is 0 Å². The zero-order valence-electron chi connectivity index (χ0n) is 29.1. The van der Waals surface area contributed by atoms with Crippen LogP contribution in [0.15, 0.2) is 186 Å². The van der Waals surface area contributed by atoms with Crippen molar-refractivity contribution in [3.8, 4) is 33.4 Å². The molecule has 0 amide bonds. The molecular formula is C52H30OS. The molecule has 0 atom stereocenters. The Labute approximate surface area is 314 Å². The normalized spacial score (nSPS) is 12.1. The van der Waals surface area contributed by atoms with Gasteiger partial charge < -0.3 is 4.42 Å². The maximum atomic E-state index is 6.75. The maximum Gasteiger partial charge on any atom is 0.137 e. The van der Waals surface area contributed by atoms with Gasteiger partial charge in [-0.1, -0.05) is 158 Å². The zero-order chi connectivity index (χ0) is 35.3. The van der Waals surface area contributed by atoms with Gasteiger partial charge in [-0.05, 0) is 101 Å². The van der Waals surface area contributed by atoms with Crippen LogP contribution in [0.5, 0.6) is 0 Å². The highest BCUT2D eigenvalue weighted by molar-refractivity contribution is 7.27. The fourth-order valence-corrected chi connectivity index (χ4v) is 10.4. The monoisotopic (exact) mass is 702 g/mol. The lowest BCUT2D eigenvalue weighted by Gasteiger charge is -2.19. The van der Waals surface area contributed by atoms with Gasteiger partial charge in [0.15, 0.2) is 0 Å². The van der Waals surface area contributed by atoms with Crippen molar-refractivity contribution in [2.75, 3.05) is 0 Å². The molecule has 250 valence electrons. The van der Waals surface area contributed by atoms with Crippen LogP contribution in [0.1, 0.15) is 0 Å². The Bertz CT molecular complexity index is 3450. The molecule has 0 aliphatic rings. The average molecular weight is 703 g/mol. The number of furan rings is 1. The SMILES string of the molecule is c1cc(-c2c3ccccc3c(-c3cccc4ccccc34)c3ccccc23)cc(-c2cc3oc4ccc5ccccc5c4c3c3sc4ccccc4c23)c1. The summed E-state index contributed by atoms with van der Waals surface area (Å²) in [5, 5.41) is 15.0. The molecule has 0 fully saturated rings. The topological polar surface area (TPSA) is 13.1 Å². The van der Waals surface area contributed by atoms with Crippen molar-refractivity contribution >= 4 is 96.5 Å². The van der Waals surface area contributed by atoms with Crippen molar-refractivity contribution < 1.29 is 4.42 Å². The summed E-state index contributed by atoms with van der Waals surface area (Å²) >= 11 is 1.87. The number of hydrogen-bond donors (Lipinski definition) is 0.